The second-order valence-corrected chi connectivity index (χ2v) is 7.04. The van der Waals surface area contributed by atoms with Crippen molar-refractivity contribution >= 4 is 11.6 Å². The SMILES string of the molecule is Cc1nnc2ccc(C(=O)N(CC(C)C)C3CCCCC3)cn12. The van der Waals surface area contributed by atoms with Gasteiger partial charge in [-0.1, -0.05) is 33.1 Å². The van der Waals surface area contributed by atoms with E-state index in [4.69, 9.17) is 0 Å². The van der Waals surface area contributed by atoms with Gasteiger partial charge in [0.1, 0.15) is 5.82 Å². The minimum atomic E-state index is 0.139. The van der Waals surface area contributed by atoms with Crippen LogP contribution in [0.3, 0.4) is 0 Å². The molecule has 0 aromatic carbocycles. The number of fused-ring (bicyclic) bond motifs is 1. The summed E-state index contributed by atoms with van der Waals surface area (Å²) in [6.45, 7) is 7.08. The Balaban J connectivity index is 1.89. The highest BCUT2D eigenvalue weighted by Gasteiger charge is 2.27. The second kappa shape index (κ2) is 6.69. The van der Waals surface area contributed by atoms with E-state index >= 15 is 0 Å². The van der Waals surface area contributed by atoms with Crippen LogP contribution in [0.4, 0.5) is 0 Å². The van der Waals surface area contributed by atoms with Crippen molar-refractivity contribution in [1.82, 2.24) is 19.5 Å². The maximum absolute atomic E-state index is 13.1. The number of amides is 1. The van der Waals surface area contributed by atoms with Gasteiger partial charge >= 0.3 is 0 Å². The van der Waals surface area contributed by atoms with Crippen molar-refractivity contribution in [3.05, 3.63) is 29.7 Å². The zero-order chi connectivity index (χ0) is 16.4. The van der Waals surface area contributed by atoms with Crippen molar-refractivity contribution < 1.29 is 4.79 Å². The first-order chi connectivity index (χ1) is 11.1. The Morgan fingerprint density at radius 3 is 2.70 bits per heavy atom. The number of aromatic nitrogens is 3. The number of nitrogens with zero attached hydrogens (tertiary/aromatic N) is 4. The van der Waals surface area contributed by atoms with Gasteiger partial charge in [0, 0.05) is 18.8 Å². The van der Waals surface area contributed by atoms with Crippen LogP contribution >= 0.6 is 0 Å². The third-order valence-electron chi connectivity index (χ3n) is 4.66. The number of hydrogen-bond donors (Lipinski definition) is 0. The van der Waals surface area contributed by atoms with Crippen LogP contribution in [0.15, 0.2) is 18.3 Å². The normalized spacial score (nSPS) is 16.2. The number of carbonyl (C=O) groups is 1. The average molecular weight is 314 g/mol. The molecule has 124 valence electrons. The first-order valence-corrected chi connectivity index (χ1v) is 8.68. The summed E-state index contributed by atoms with van der Waals surface area (Å²) in [4.78, 5) is 15.2. The molecule has 1 amide bonds. The molecule has 0 aliphatic heterocycles. The van der Waals surface area contributed by atoms with E-state index in [9.17, 15) is 4.79 Å². The fourth-order valence-electron chi connectivity index (χ4n) is 3.48. The van der Waals surface area contributed by atoms with E-state index in [0.717, 1.165) is 36.4 Å². The molecule has 1 aliphatic rings. The summed E-state index contributed by atoms with van der Waals surface area (Å²) >= 11 is 0. The average Bonchev–Trinajstić information content (AvgIpc) is 2.93. The van der Waals surface area contributed by atoms with Crippen LogP contribution in [0.1, 0.15) is 62.1 Å². The van der Waals surface area contributed by atoms with Gasteiger partial charge < -0.3 is 4.90 Å². The molecular formula is C18H26N4O. The Labute approximate surface area is 137 Å². The van der Waals surface area contributed by atoms with E-state index in [2.05, 4.69) is 28.9 Å². The molecule has 0 radical (unpaired) electrons. The number of pyridine rings is 1. The Kier molecular flexibility index (Phi) is 4.64. The molecule has 3 rings (SSSR count). The molecule has 1 fully saturated rings. The Bertz CT molecular complexity index is 685. The fourth-order valence-corrected chi connectivity index (χ4v) is 3.48. The van der Waals surface area contributed by atoms with Gasteiger partial charge in [0.05, 0.1) is 5.56 Å². The first-order valence-electron chi connectivity index (χ1n) is 8.68. The van der Waals surface area contributed by atoms with Crippen LogP contribution < -0.4 is 0 Å². The molecule has 0 N–H and O–H groups in total. The lowest BCUT2D eigenvalue weighted by atomic mass is 9.93. The van der Waals surface area contributed by atoms with E-state index in [0.29, 0.717) is 12.0 Å². The summed E-state index contributed by atoms with van der Waals surface area (Å²) < 4.78 is 1.89. The highest BCUT2D eigenvalue weighted by molar-refractivity contribution is 5.94. The van der Waals surface area contributed by atoms with E-state index in [1.807, 2.05) is 29.7 Å². The summed E-state index contributed by atoms with van der Waals surface area (Å²) in [5, 5.41) is 8.16. The molecule has 1 aliphatic carbocycles. The van der Waals surface area contributed by atoms with E-state index in [-0.39, 0.29) is 5.91 Å². The number of aryl methyl sites for hydroxylation is 1. The molecule has 23 heavy (non-hydrogen) atoms. The van der Waals surface area contributed by atoms with Crippen LogP contribution in [0.25, 0.3) is 5.65 Å². The van der Waals surface area contributed by atoms with E-state index in [1.54, 1.807) is 0 Å². The van der Waals surface area contributed by atoms with Crippen molar-refractivity contribution in [1.29, 1.82) is 0 Å². The van der Waals surface area contributed by atoms with Crippen molar-refractivity contribution in [2.45, 2.75) is 58.9 Å². The van der Waals surface area contributed by atoms with Gasteiger partial charge in [-0.15, -0.1) is 10.2 Å². The zero-order valence-corrected chi connectivity index (χ0v) is 14.3. The summed E-state index contributed by atoms with van der Waals surface area (Å²) in [5.41, 5.74) is 1.51. The minimum absolute atomic E-state index is 0.139. The summed E-state index contributed by atoms with van der Waals surface area (Å²) in [6.07, 6.45) is 7.90. The molecule has 1 saturated carbocycles. The number of hydrogen-bond acceptors (Lipinski definition) is 3. The monoisotopic (exact) mass is 314 g/mol. The quantitative estimate of drug-likeness (QED) is 0.868. The summed E-state index contributed by atoms with van der Waals surface area (Å²) in [7, 11) is 0. The minimum Gasteiger partial charge on any atom is -0.335 e. The predicted molar refractivity (Wildman–Crippen MR) is 90.5 cm³/mol. The third-order valence-corrected chi connectivity index (χ3v) is 4.66. The topological polar surface area (TPSA) is 50.5 Å². The van der Waals surface area contributed by atoms with Crippen molar-refractivity contribution in [3.63, 3.8) is 0 Å². The Morgan fingerprint density at radius 1 is 1.26 bits per heavy atom. The second-order valence-electron chi connectivity index (χ2n) is 7.04. The Hall–Kier alpha value is -1.91. The molecule has 2 heterocycles. The maximum Gasteiger partial charge on any atom is 0.255 e. The molecule has 5 nitrogen and oxygen atoms in total. The lowest BCUT2D eigenvalue weighted by molar-refractivity contribution is 0.0604. The summed E-state index contributed by atoms with van der Waals surface area (Å²) in [5.74, 6) is 1.42. The maximum atomic E-state index is 13.1. The molecule has 2 aromatic heterocycles. The lowest BCUT2D eigenvalue weighted by Crippen LogP contribution is -2.43. The summed E-state index contributed by atoms with van der Waals surface area (Å²) in [6, 6.07) is 4.14. The van der Waals surface area contributed by atoms with Crippen LogP contribution in [-0.2, 0) is 0 Å². The van der Waals surface area contributed by atoms with E-state index in [1.165, 1.54) is 19.3 Å². The van der Waals surface area contributed by atoms with E-state index < -0.39 is 0 Å². The van der Waals surface area contributed by atoms with Gasteiger partial charge in [0.15, 0.2) is 5.65 Å². The van der Waals surface area contributed by atoms with Gasteiger partial charge in [-0.05, 0) is 37.8 Å². The molecule has 0 bridgehead atoms. The van der Waals surface area contributed by atoms with Crippen LogP contribution in [0.5, 0.6) is 0 Å². The van der Waals surface area contributed by atoms with Gasteiger partial charge in [0.25, 0.3) is 5.91 Å². The van der Waals surface area contributed by atoms with Gasteiger partial charge in [-0.3, -0.25) is 9.20 Å². The van der Waals surface area contributed by atoms with Gasteiger partial charge in [-0.25, -0.2) is 0 Å². The standard InChI is InChI=1S/C18H26N4O/c1-13(2)11-22(16-7-5-4-6-8-16)18(23)15-9-10-17-20-19-14(3)21(17)12-15/h9-10,12-13,16H,4-8,11H2,1-3H3. The highest BCUT2D eigenvalue weighted by Crippen LogP contribution is 2.25. The Morgan fingerprint density at radius 2 is 2.00 bits per heavy atom. The van der Waals surface area contributed by atoms with Crippen LogP contribution in [0, 0.1) is 12.8 Å². The molecule has 2 aromatic rings. The predicted octanol–water partition coefficient (Wildman–Crippen LogP) is 3.47. The van der Waals surface area contributed by atoms with Crippen molar-refractivity contribution in [3.8, 4) is 0 Å². The van der Waals surface area contributed by atoms with Crippen LogP contribution in [-0.4, -0.2) is 38.0 Å². The zero-order valence-electron chi connectivity index (χ0n) is 14.3. The smallest absolute Gasteiger partial charge is 0.255 e. The largest absolute Gasteiger partial charge is 0.335 e. The number of carbonyl (C=O) groups excluding carboxylic acids is 1. The van der Waals surface area contributed by atoms with Gasteiger partial charge in [0.2, 0.25) is 0 Å². The van der Waals surface area contributed by atoms with Crippen LogP contribution in [0.2, 0.25) is 0 Å². The molecule has 5 heteroatoms. The molecule has 0 saturated heterocycles. The fraction of sp³-hybridized carbons (Fsp3) is 0.611. The van der Waals surface area contributed by atoms with Crippen molar-refractivity contribution in [2.24, 2.45) is 5.92 Å². The highest BCUT2D eigenvalue weighted by atomic mass is 16.2. The lowest BCUT2D eigenvalue weighted by Gasteiger charge is -2.35. The third kappa shape index (κ3) is 3.38. The van der Waals surface area contributed by atoms with Crippen molar-refractivity contribution in [2.75, 3.05) is 6.54 Å². The number of rotatable bonds is 4. The molecule has 0 unspecified atom stereocenters. The molecule has 0 spiro atoms. The first kappa shape index (κ1) is 16.0. The van der Waals surface area contributed by atoms with Gasteiger partial charge in [-0.2, -0.15) is 0 Å². The molecule has 0 atom stereocenters. The molecular weight excluding hydrogens is 288 g/mol.